The molecule has 2 aromatic heterocycles. The smallest absolute Gasteiger partial charge is 0.256 e. The van der Waals surface area contributed by atoms with E-state index in [-0.39, 0.29) is 11.3 Å². The number of hydrogen-bond acceptors (Lipinski definition) is 5. The Morgan fingerprint density at radius 3 is 2.82 bits per heavy atom. The van der Waals surface area contributed by atoms with Gasteiger partial charge in [-0.3, -0.25) is 19.4 Å². The average molecular weight is 378 g/mol. The number of aromatic nitrogens is 5. The van der Waals surface area contributed by atoms with Gasteiger partial charge in [-0.1, -0.05) is 32.1 Å². The van der Waals surface area contributed by atoms with Crippen molar-refractivity contribution in [2.45, 2.75) is 45.6 Å². The van der Waals surface area contributed by atoms with Crippen LogP contribution in [-0.2, 0) is 12.0 Å². The van der Waals surface area contributed by atoms with Crippen molar-refractivity contribution < 1.29 is 4.79 Å². The highest BCUT2D eigenvalue weighted by Crippen LogP contribution is 2.24. The maximum absolute atomic E-state index is 13.2. The van der Waals surface area contributed by atoms with Crippen LogP contribution in [0.15, 0.2) is 36.8 Å². The monoisotopic (exact) mass is 378 g/mol. The molecule has 0 bridgehead atoms. The Labute approximate surface area is 164 Å². The van der Waals surface area contributed by atoms with Gasteiger partial charge in [0, 0.05) is 43.6 Å². The van der Waals surface area contributed by atoms with Gasteiger partial charge in [-0.15, -0.1) is 5.10 Å². The lowest BCUT2D eigenvalue weighted by atomic mass is 9.93. The van der Waals surface area contributed by atoms with Crippen LogP contribution in [0, 0.1) is 5.92 Å². The molecule has 0 spiro atoms. The van der Waals surface area contributed by atoms with Gasteiger partial charge in [0.05, 0.1) is 16.8 Å². The molecule has 1 fully saturated rings. The van der Waals surface area contributed by atoms with Crippen molar-refractivity contribution in [2.75, 3.05) is 13.1 Å². The third-order valence-electron chi connectivity index (χ3n) is 5.29. The summed E-state index contributed by atoms with van der Waals surface area (Å²) in [6, 6.07) is 5.60. The highest BCUT2D eigenvalue weighted by molar-refractivity contribution is 6.04. The molecule has 3 aromatic rings. The van der Waals surface area contributed by atoms with Crippen molar-refractivity contribution in [3.05, 3.63) is 48.0 Å². The number of benzene rings is 1. The Balaban J connectivity index is 1.49. The Morgan fingerprint density at radius 2 is 2.04 bits per heavy atom. The van der Waals surface area contributed by atoms with Crippen LogP contribution in [0.5, 0.6) is 0 Å². The predicted octanol–water partition coefficient (Wildman–Crippen LogP) is 3.07. The fourth-order valence-electron chi connectivity index (χ4n) is 3.73. The second-order valence-electron chi connectivity index (χ2n) is 8.56. The van der Waals surface area contributed by atoms with Crippen molar-refractivity contribution in [3.8, 4) is 0 Å². The van der Waals surface area contributed by atoms with Gasteiger partial charge in [-0.05, 0) is 30.9 Å². The van der Waals surface area contributed by atoms with Gasteiger partial charge >= 0.3 is 0 Å². The molecule has 28 heavy (non-hydrogen) atoms. The molecular formula is C21H26N6O. The van der Waals surface area contributed by atoms with Crippen LogP contribution in [0.2, 0.25) is 0 Å². The van der Waals surface area contributed by atoms with E-state index in [2.05, 4.69) is 41.1 Å². The minimum atomic E-state index is -0.0117. The Bertz CT molecular complexity index is 984. The van der Waals surface area contributed by atoms with Crippen LogP contribution in [0.4, 0.5) is 0 Å². The van der Waals surface area contributed by atoms with E-state index in [0.717, 1.165) is 43.7 Å². The average Bonchev–Trinajstić information content (AvgIpc) is 3.16. The first-order valence-corrected chi connectivity index (χ1v) is 9.81. The summed E-state index contributed by atoms with van der Waals surface area (Å²) in [4.78, 5) is 23.8. The maximum atomic E-state index is 13.2. The summed E-state index contributed by atoms with van der Waals surface area (Å²) in [5.74, 6) is 0.401. The second kappa shape index (κ2) is 7.30. The first-order chi connectivity index (χ1) is 13.4. The van der Waals surface area contributed by atoms with Gasteiger partial charge in [0.1, 0.15) is 5.52 Å². The van der Waals surface area contributed by atoms with Crippen molar-refractivity contribution in [3.63, 3.8) is 0 Å². The fourth-order valence-corrected chi connectivity index (χ4v) is 3.73. The van der Waals surface area contributed by atoms with E-state index in [1.165, 1.54) is 0 Å². The van der Waals surface area contributed by atoms with Crippen molar-refractivity contribution in [2.24, 2.45) is 5.92 Å². The minimum Gasteiger partial charge on any atom is -0.338 e. The van der Waals surface area contributed by atoms with E-state index < -0.39 is 0 Å². The lowest BCUT2D eigenvalue weighted by Gasteiger charge is -2.32. The van der Waals surface area contributed by atoms with Gasteiger partial charge in [-0.25, -0.2) is 0 Å². The summed E-state index contributed by atoms with van der Waals surface area (Å²) in [5.41, 5.74) is 3.03. The number of carbonyl (C=O) groups excluding carboxylic acids is 1. The Hall–Kier alpha value is -2.83. The SMILES string of the molecule is CC(C)(C)c1cn(CC2CCCN(C(=O)c3cccc4nccnc34)C2)nn1. The highest BCUT2D eigenvalue weighted by atomic mass is 16.2. The third kappa shape index (κ3) is 3.74. The van der Waals surface area contributed by atoms with Crippen molar-refractivity contribution in [1.29, 1.82) is 0 Å². The van der Waals surface area contributed by atoms with Gasteiger partial charge in [0.25, 0.3) is 5.91 Å². The highest BCUT2D eigenvalue weighted by Gasteiger charge is 2.27. The minimum absolute atomic E-state index is 0.0117. The number of fused-ring (bicyclic) bond motifs is 1. The number of rotatable bonds is 3. The first-order valence-electron chi connectivity index (χ1n) is 9.81. The van der Waals surface area contributed by atoms with Crippen LogP contribution in [0.1, 0.15) is 49.7 Å². The number of carbonyl (C=O) groups is 1. The number of likely N-dealkylation sites (tertiary alicyclic amines) is 1. The van der Waals surface area contributed by atoms with Gasteiger partial charge in [-0.2, -0.15) is 0 Å². The zero-order chi connectivity index (χ0) is 19.7. The standard InChI is InChI=1S/C21H26N6O/c1-21(2,3)18-14-27(25-24-18)13-15-6-5-11-26(12-15)20(28)16-7-4-8-17-19(16)23-10-9-22-17/h4,7-10,14-15H,5-6,11-13H2,1-3H3. The maximum Gasteiger partial charge on any atom is 0.256 e. The molecule has 1 unspecified atom stereocenters. The molecule has 1 saturated heterocycles. The summed E-state index contributed by atoms with van der Waals surface area (Å²) in [5, 5.41) is 8.60. The zero-order valence-corrected chi connectivity index (χ0v) is 16.7. The molecule has 0 radical (unpaired) electrons. The van der Waals surface area contributed by atoms with E-state index in [9.17, 15) is 4.79 Å². The number of hydrogen-bond donors (Lipinski definition) is 0. The molecule has 1 amide bonds. The number of piperidine rings is 1. The molecule has 146 valence electrons. The molecule has 0 N–H and O–H groups in total. The molecular weight excluding hydrogens is 352 g/mol. The fraction of sp³-hybridized carbons (Fsp3) is 0.476. The van der Waals surface area contributed by atoms with Crippen molar-refractivity contribution >= 4 is 16.9 Å². The van der Waals surface area contributed by atoms with Crippen LogP contribution >= 0.6 is 0 Å². The van der Waals surface area contributed by atoms with E-state index >= 15 is 0 Å². The normalized spacial score (nSPS) is 17.8. The molecule has 4 rings (SSSR count). The van der Waals surface area contributed by atoms with Gasteiger partial charge in [0.2, 0.25) is 0 Å². The summed E-state index contributed by atoms with van der Waals surface area (Å²) in [6.45, 7) is 8.68. The molecule has 0 saturated carbocycles. The van der Waals surface area contributed by atoms with Crippen LogP contribution in [0.3, 0.4) is 0 Å². The summed E-state index contributed by atoms with van der Waals surface area (Å²) in [7, 11) is 0. The van der Waals surface area contributed by atoms with E-state index in [1.54, 1.807) is 12.4 Å². The Morgan fingerprint density at radius 1 is 1.21 bits per heavy atom. The summed E-state index contributed by atoms with van der Waals surface area (Å²) >= 11 is 0. The topological polar surface area (TPSA) is 76.8 Å². The van der Waals surface area contributed by atoms with E-state index in [1.807, 2.05) is 34.0 Å². The lowest BCUT2D eigenvalue weighted by Crippen LogP contribution is -2.41. The summed E-state index contributed by atoms with van der Waals surface area (Å²) < 4.78 is 1.92. The number of para-hydroxylation sites is 1. The van der Waals surface area contributed by atoms with Gasteiger partial charge < -0.3 is 4.90 Å². The molecule has 1 aliphatic rings. The first kappa shape index (κ1) is 18.5. The second-order valence-corrected chi connectivity index (χ2v) is 8.56. The Kier molecular flexibility index (Phi) is 4.83. The van der Waals surface area contributed by atoms with E-state index in [0.29, 0.717) is 17.0 Å². The largest absolute Gasteiger partial charge is 0.338 e. The predicted molar refractivity (Wildman–Crippen MR) is 107 cm³/mol. The van der Waals surface area contributed by atoms with Gasteiger partial charge in [0.15, 0.2) is 0 Å². The van der Waals surface area contributed by atoms with Crippen LogP contribution < -0.4 is 0 Å². The molecule has 7 heteroatoms. The van der Waals surface area contributed by atoms with E-state index in [4.69, 9.17) is 0 Å². The molecule has 3 heterocycles. The van der Waals surface area contributed by atoms with Crippen LogP contribution in [-0.4, -0.2) is 48.9 Å². The number of nitrogens with zero attached hydrogens (tertiary/aromatic N) is 6. The molecule has 1 aliphatic heterocycles. The van der Waals surface area contributed by atoms with Crippen molar-refractivity contribution in [1.82, 2.24) is 29.9 Å². The third-order valence-corrected chi connectivity index (χ3v) is 5.29. The van der Waals surface area contributed by atoms with Crippen LogP contribution in [0.25, 0.3) is 11.0 Å². The molecule has 1 atom stereocenters. The quantitative estimate of drug-likeness (QED) is 0.700. The molecule has 1 aromatic carbocycles. The zero-order valence-electron chi connectivity index (χ0n) is 16.7. The summed E-state index contributed by atoms with van der Waals surface area (Å²) in [6.07, 6.45) is 7.39. The molecule has 7 nitrogen and oxygen atoms in total. The molecule has 0 aliphatic carbocycles. The lowest BCUT2D eigenvalue weighted by molar-refractivity contribution is 0.0661. The number of amides is 1.